The van der Waals surface area contributed by atoms with Gasteiger partial charge in [0.1, 0.15) is 23.8 Å². The predicted octanol–water partition coefficient (Wildman–Crippen LogP) is 4.38. The summed E-state index contributed by atoms with van der Waals surface area (Å²) in [5, 5.41) is 5.89. The van der Waals surface area contributed by atoms with E-state index < -0.39 is 5.60 Å². The highest BCUT2D eigenvalue weighted by Crippen LogP contribution is 2.38. The van der Waals surface area contributed by atoms with Crippen LogP contribution in [0.15, 0.2) is 85.1 Å². The lowest BCUT2D eigenvalue weighted by Crippen LogP contribution is -2.58. The first kappa shape index (κ1) is 32.2. The number of rotatable bonds is 3. The molecule has 0 aliphatic carbocycles. The van der Waals surface area contributed by atoms with Crippen molar-refractivity contribution in [3.63, 3.8) is 0 Å². The summed E-state index contributed by atoms with van der Waals surface area (Å²) in [4.78, 5) is 45.8. The summed E-state index contributed by atoms with van der Waals surface area (Å²) in [6, 6.07) is 22.4. The maximum atomic E-state index is 14.0. The lowest BCUT2D eigenvalue weighted by Gasteiger charge is -2.40. The molecule has 2 N–H and O–H groups in total. The number of aromatic nitrogens is 1. The van der Waals surface area contributed by atoms with Crippen LogP contribution in [0, 0.1) is 0 Å². The molecular weight excluding hydrogens is 616 g/mol. The molecule has 3 amide bonds. The molecule has 0 unspecified atom stereocenters. The fraction of sp³-hybridized carbons (Fsp3) is 0.278. The second-order valence-corrected chi connectivity index (χ2v) is 11.3. The number of carbonyl (C=O) groups excluding carboxylic acids is 3. The first-order valence-electron chi connectivity index (χ1n) is 15.6. The number of hydrogen-bond acceptors (Lipinski definition) is 9. The average molecular weight is 653 g/mol. The zero-order chi connectivity index (χ0) is 33.5. The number of likely N-dealkylation sites (tertiary alicyclic amines) is 1. The lowest BCUT2D eigenvalue weighted by molar-refractivity contribution is -0.141. The summed E-state index contributed by atoms with van der Waals surface area (Å²) in [5.41, 5.74) is 0.282. The van der Waals surface area contributed by atoms with Gasteiger partial charge in [-0.05, 0) is 72.3 Å². The van der Waals surface area contributed by atoms with Crippen LogP contribution >= 0.6 is 0 Å². The molecule has 6 bridgehead atoms. The summed E-state index contributed by atoms with van der Waals surface area (Å²) in [6.45, 7) is 1.29. The number of methoxy groups -OCH3 is 2. The highest BCUT2D eigenvalue weighted by atomic mass is 16.5. The smallest absolute Gasteiger partial charge is 0.272 e. The van der Waals surface area contributed by atoms with Crippen LogP contribution in [-0.4, -0.2) is 73.7 Å². The van der Waals surface area contributed by atoms with Crippen LogP contribution in [0.3, 0.4) is 0 Å². The van der Waals surface area contributed by atoms with Gasteiger partial charge in [-0.25, -0.2) is 0 Å². The molecular formula is C36H36N4O8. The molecule has 248 valence electrons. The largest absolute Gasteiger partial charge is 0.493 e. The van der Waals surface area contributed by atoms with Crippen molar-refractivity contribution in [2.75, 3.05) is 40.5 Å². The lowest BCUT2D eigenvalue weighted by atomic mass is 9.89. The van der Waals surface area contributed by atoms with Crippen LogP contribution < -0.4 is 34.3 Å². The van der Waals surface area contributed by atoms with Crippen LogP contribution in [0.5, 0.6) is 34.5 Å². The van der Waals surface area contributed by atoms with Gasteiger partial charge in [0, 0.05) is 44.2 Å². The van der Waals surface area contributed by atoms with Crippen molar-refractivity contribution >= 4 is 17.7 Å². The Kier molecular flexibility index (Phi) is 9.60. The Bertz CT molecular complexity index is 1770. The van der Waals surface area contributed by atoms with Crippen LogP contribution in [-0.2, 0) is 11.3 Å². The monoisotopic (exact) mass is 652 g/mol. The van der Waals surface area contributed by atoms with Crippen LogP contribution in [0.4, 0.5) is 0 Å². The van der Waals surface area contributed by atoms with Gasteiger partial charge in [0.05, 0.1) is 20.8 Å². The Hall–Kier alpha value is -5.78. The van der Waals surface area contributed by atoms with E-state index in [2.05, 4.69) is 15.6 Å². The van der Waals surface area contributed by atoms with Gasteiger partial charge >= 0.3 is 0 Å². The first-order valence-corrected chi connectivity index (χ1v) is 15.6. The normalized spacial score (nSPS) is 16.2. The summed E-state index contributed by atoms with van der Waals surface area (Å²) < 4.78 is 29.5. The number of ether oxygens (including phenoxy) is 5. The van der Waals surface area contributed by atoms with Gasteiger partial charge in [0.15, 0.2) is 28.6 Å². The van der Waals surface area contributed by atoms with E-state index in [1.807, 2.05) is 6.07 Å². The number of nitrogens with one attached hydrogen (secondary N) is 2. The molecule has 0 atom stereocenters. The zero-order valence-electron chi connectivity index (χ0n) is 26.7. The Balaban J connectivity index is 1.27. The number of nitrogens with zero attached hydrogens (tertiary/aromatic N) is 2. The molecule has 8 heterocycles. The van der Waals surface area contributed by atoms with E-state index >= 15 is 0 Å². The molecule has 12 heteroatoms. The molecule has 7 aliphatic rings. The van der Waals surface area contributed by atoms with E-state index in [0.29, 0.717) is 58.8 Å². The van der Waals surface area contributed by atoms with Crippen molar-refractivity contribution in [2.45, 2.75) is 25.0 Å². The summed E-state index contributed by atoms with van der Waals surface area (Å²) in [6.07, 6.45) is 2.12. The van der Waals surface area contributed by atoms with E-state index in [-0.39, 0.29) is 50.3 Å². The molecule has 0 radical (unpaired) electrons. The van der Waals surface area contributed by atoms with E-state index in [1.54, 1.807) is 83.9 Å². The van der Waals surface area contributed by atoms with E-state index in [4.69, 9.17) is 23.7 Å². The maximum absolute atomic E-state index is 14.0. The molecule has 1 saturated heterocycles. The third-order valence-electron chi connectivity index (χ3n) is 8.28. The van der Waals surface area contributed by atoms with Gasteiger partial charge in [0.25, 0.3) is 17.7 Å². The van der Waals surface area contributed by atoms with Crippen molar-refractivity contribution in [3.05, 3.63) is 102 Å². The minimum Gasteiger partial charge on any atom is -0.493 e. The van der Waals surface area contributed by atoms with Crippen molar-refractivity contribution in [1.29, 1.82) is 0 Å². The molecule has 48 heavy (non-hydrogen) atoms. The molecule has 3 aromatic carbocycles. The third kappa shape index (κ3) is 7.12. The Morgan fingerprint density at radius 3 is 2.27 bits per heavy atom. The fourth-order valence-corrected chi connectivity index (χ4v) is 5.62. The minimum absolute atomic E-state index is 0.192. The van der Waals surface area contributed by atoms with Crippen LogP contribution in [0.1, 0.15) is 39.3 Å². The second kappa shape index (κ2) is 14.3. The summed E-state index contributed by atoms with van der Waals surface area (Å²) in [5.74, 6) is 1.90. The topological polar surface area (TPSA) is 138 Å². The van der Waals surface area contributed by atoms with E-state index in [9.17, 15) is 14.4 Å². The van der Waals surface area contributed by atoms with Crippen molar-refractivity contribution < 1.29 is 38.1 Å². The second-order valence-electron chi connectivity index (χ2n) is 11.3. The number of carbonyl (C=O) groups is 3. The molecule has 7 aliphatic heterocycles. The van der Waals surface area contributed by atoms with Gasteiger partial charge in [-0.3, -0.25) is 19.4 Å². The first-order chi connectivity index (χ1) is 23.4. The molecule has 1 fully saturated rings. The van der Waals surface area contributed by atoms with Crippen molar-refractivity contribution in [2.24, 2.45) is 0 Å². The Morgan fingerprint density at radius 1 is 0.854 bits per heavy atom. The molecule has 1 aromatic heterocycles. The SMILES string of the molecule is COc1cc2ccc1Oc1ccc(cc1OC)C(=O)NCCOc1ccc(cc1)OC1(CCN(C(=O)c3ccccn3)CC1)C(=O)NC2. The van der Waals surface area contributed by atoms with Gasteiger partial charge in [0.2, 0.25) is 0 Å². The van der Waals surface area contributed by atoms with Gasteiger partial charge < -0.3 is 39.2 Å². The highest BCUT2D eigenvalue weighted by molar-refractivity contribution is 5.95. The van der Waals surface area contributed by atoms with Gasteiger partial charge in [-0.1, -0.05) is 12.1 Å². The van der Waals surface area contributed by atoms with Crippen molar-refractivity contribution in [3.8, 4) is 34.5 Å². The standard InChI is InChI=1S/C36H36N4O8/c1-44-31-21-24-6-12-29(31)47-30-13-7-25(22-32(30)45-2)33(41)38-17-20-46-26-8-10-27(11-9-26)48-36(35(43)39-23-24)14-18-40(19-15-36)34(42)28-5-3-4-16-37-28/h3-13,16,21-22H,14-15,17-20,23H2,1-2H3,(H,38,41)(H,39,43). The Labute approximate surface area is 277 Å². The van der Waals surface area contributed by atoms with Gasteiger partial charge in [-0.2, -0.15) is 0 Å². The fourth-order valence-electron chi connectivity index (χ4n) is 5.62. The van der Waals surface area contributed by atoms with Crippen LogP contribution in [0.2, 0.25) is 0 Å². The average Bonchev–Trinajstić information content (AvgIpc) is 3.13. The van der Waals surface area contributed by atoms with E-state index in [1.165, 1.54) is 14.2 Å². The third-order valence-corrected chi connectivity index (χ3v) is 8.28. The summed E-state index contributed by atoms with van der Waals surface area (Å²) in [7, 11) is 3.02. The maximum Gasteiger partial charge on any atom is 0.272 e. The number of hydrogen-bond donors (Lipinski definition) is 2. The van der Waals surface area contributed by atoms with Crippen molar-refractivity contribution in [1.82, 2.24) is 20.5 Å². The minimum atomic E-state index is -1.24. The number of amides is 3. The molecule has 4 aromatic rings. The zero-order valence-corrected chi connectivity index (χ0v) is 26.7. The predicted molar refractivity (Wildman–Crippen MR) is 175 cm³/mol. The number of pyridine rings is 1. The molecule has 1 spiro atoms. The van der Waals surface area contributed by atoms with Gasteiger partial charge in [-0.15, -0.1) is 0 Å². The van der Waals surface area contributed by atoms with Crippen LogP contribution in [0.25, 0.3) is 0 Å². The number of benzene rings is 3. The van der Waals surface area contributed by atoms with E-state index in [0.717, 1.165) is 5.56 Å². The quantitative estimate of drug-likeness (QED) is 0.330. The number of piperidine rings is 1. The highest BCUT2D eigenvalue weighted by Gasteiger charge is 2.45. The summed E-state index contributed by atoms with van der Waals surface area (Å²) >= 11 is 0. The Morgan fingerprint density at radius 2 is 1.56 bits per heavy atom. The molecule has 0 saturated carbocycles. The molecule has 11 rings (SSSR count). The molecule has 12 nitrogen and oxygen atoms in total.